The van der Waals surface area contributed by atoms with Gasteiger partial charge < -0.3 is 33.9 Å². The van der Waals surface area contributed by atoms with Gasteiger partial charge in [0.1, 0.15) is 53.5 Å². The molecule has 0 spiro atoms. The van der Waals surface area contributed by atoms with E-state index in [4.69, 9.17) is 23.7 Å². The lowest BCUT2D eigenvalue weighted by atomic mass is 9.78. The predicted molar refractivity (Wildman–Crippen MR) is 212 cm³/mol. The van der Waals surface area contributed by atoms with Crippen molar-refractivity contribution in [3.63, 3.8) is 0 Å². The molecule has 7 heteroatoms. The van der Waals surface area contributed by atoms with E-state index in [1.807, 2.05) is 83.1 Å². The second kappa shape index (κ2) is 16.5. The molecular formula is C46H60O7. The van der Waals surface area contributed by atoms with Gasteiger partial charge in [-0.15, -0.1) is 0 Å². The van der Waals surface area contributed by atoms with E-state index in [0.717, 1.165) is 35.0 Å². The Morgan fingerprint density at radius 2 is 0.887 bits per heavy atom. The first-order valence-electron chi connectivity index (χ1n) is 19.0. The minimum Gasteiger partial charge on any atom is -0.491 e. The van der Waals surface area contributed by atoms with Crippen LogP contribution in [0.25, 0.3) is 0 Å². The average molecular weight is 725 g/mol. The van der Waals surface area contributed by atoms with Gasteiger partial charge in [0, 0.05) is 23.7 Å². The van der Waals surface area contributed by atoms with Crippen molar-refractivity contribution < 1.29 is 33.9 Å². The van der Waals surface area contributed by atoms with Crippen LogP contribution in [-0.2, 0) is 15.6 Å². The van der Waals surface area contributed by atoms with Gasteiger partial charge in [0.05, 0.1) is 18.8 Å². The third kappa shape index (κ3) is 11.2. The summed E-state index contributed by atoms with van der Waals surface area (Å²) in [4.78, 5) is 0. The van der Waals surface area contributed by atoms with E-state index in [1.54, 1.807) is 0 Å². The molecule has 0 saturated carbocycles. The zero-order valence-electron chi connectivity index (χ0n) is 33.1. The Bertz CT molecular complexity index is 1720. The Hall–Kier alpha value is -4.04. The monoisotopic (exact) mass is 724 g/mol. The molecule has 7 nitrogen and oxygen atoms in total. The molecule has 1 saturated heterocycles. The summed E-state index contributed by atoms with van der Waals surface area (Å²) in [5, 5.41) is 21.0. The van der Waals surface area contributed by atoms with Crippen LogP contribution in [0.5, 0.6) is 23.0 Å². The van der Waals surface area contributed by atoms with Gasteiger partial charge in [0.2, 0.25) is 0 Å². The summed E-state index contributed by atoms with van der Waals surface area (Å²) < 4.78 is 29.6. The summed E-state index contributed by atoms with van der Waals surface area (Å²) in [6, 6.07) is 32.8. The SMILES string of the molecule is CCC(O)CC(C)(C)Oc1ccc(C(C)(C)c2ccc(OCC(O)CC(C)(C)Oc3ccc(C(C)(C)c4ccc(OCC5CO5)cc4)cc3)cc2)cc1. The van der Waals surface area contributed by atoms with Crippen molar-refractivity contribution in [2.75, 3.05) is 19.8 Å². The fourth-order valence-electron chi connectivity index (χ4n) is 6.75. The Kier molecular flexibility index (Phi) is 12.5. The first-order chi connectivity index (χ1) is 25.0. The summed E-state index contributed by atoms with van der Waals surface area (Å²) in [6.07, 6.45) is 0.838. The molecule has 0 radical (unpaired) electrons. The summed E-state index contributed by atoms with van der Waals surface area (Å²) in [7, 11) is 0. The van der Waals surface area contributed by atoms with Gasteiger partial charge in [0.25, 0.3) is 0 Å². The maximum absolute atomic E-state index is 10.9. The van der Waals surface area contributed by atoms with Crippen LogP contribution in [0.1, 0.15) is 104 Å². The van der Waals surface area contributed by atoms with Crippen molar-refractivity contribution in [3.8, 4) is 23.0 Å². The number of epoxide rings is 1. The van der Waals surface area contributed by atoms with Gasteiger partial charge in [-0.1, -0.05) is 83.1 Å². The lowest BCUT2D eigenvalue weighted by molar-refractivity contribution is 0.0174. The maximum atomic E-state index is 10.9. The number of rotatable bonds is 19. The number of ether oxygens (including phenoxy) is 5. The number of hydrogen-bond acceptors (Lipinski definition) is 7. The van der Waals surface area contributed by atoms with Crippen molar-refractivity contribution in [1.82, 2.24) is 0 Å². The Labute approximate surface area is 317 Å². The van der Waals surface area contributed by atoms with Gasteiger partial charge in [-0.2, -0.15) is 0 Å². The van der Waals surface area contributed by atoms with Gasteiger partial charge in [0.15, 0.2) is 0 Å². The van der Waals surface area contributed by atoms with Crippen molar-refractivity contribution >= 4 is 0 Å². The summed E-state index contributed by atoms with van der Waals surface area (Å²) in [5.74, 6) is 3.10. The van der Waals surface area contributed by atoms with E-state index in [1.165, 1.54) is 11.1 Å². The van der Waals surface area contributed by atoms with Crippen LogP contribution in [0.2, 0.25) is 0 Å². The molecule has 53 heavy (non-hydrogen) atoms. The van der Waals surface area contributed by atoms with Crippen molar-refractivity contribution in [3.05, 3.63) is 119 Å². The first kappa shape index (κ1) is 40.2. The molecule has 3 atom stereocenters. The number of benzene rings is 4. The second-order valence-electron chi connectivity index (χ2n) is 16.8. The highest BCUT2D eigenvalue weighted by atomic mass is 16.6. The first-order valence-corrected chi connectivity index (χ1v) is 19.0. The molecule has 2 N–H and O–H groups in total. The Morgan fingerprint density at radius 3 is 1.25 bits per heavy atom. The molecule has 4 aromatic rings. The number of aliphatic hydroxyl groups excluding tert-OH is 2. The van der Waals surface area contributed by atoms with Crippen LogP contribution in [0, 0.1) is 0 Å². The van der Waals surface area contributed by atoms with E-state index >= 15 is 0 Å². The van der Waals surface area contributed by atoms with Crippen LogP contribution >= 0.6 is 0 Å². The maximum Gasteiger partial charge on any atom is 0.120 e. The highest BCUT2D eigenvalue weighted by molar-refractivity contribution is 5.43. The highest BCUT2D eigenvalue weighted by Gasteiger charge is 2.29. The number of hydrogen-bond donors (Lipinski definition) is 2. The van der Waals surface area contributed by atoms with Crippen molar-refractivity contribution in [2.24, 2.45) is 0 Å². The van der Waals surface area contributed by atoms with Gasteiger partial charge >= 0.3 is 0 Å². The van der Waals surface area contributed by atoms with Crippen LogP contribution in [-0.4, -0.2) is 59.5 Å². The summed E-state index contributed by atoms with van der Waals surface area (Å²) >= 11 is 0. The van der Waals surface area contributed by atoms with Crippen molar-refractivity contribution in [1.29, 1.82) is 0 Å². The van der Waals surface area contributed by atoms with Crippen molar-refractivity contribution in [2.45, 2.75) is 122 Å². The third-order valence-electron chi connectivity index (χ3n) is 10.3. The van der Waals surface area contributed by atoms with Gasteiger partial charge in [-0.3, -0.25) is 0 Å². The molecule has 0 aliphatic carbocycles. The fourth-order valence-corrected chi connectivity index (χ4v) is 6.75. The quantitative estimate of drug-likeness (QED) is 0.0932. The van der Waals surface area contributed by atoms with E-state index in [-0.39, 0.29) is 29.6 Å². The molecule has 286 valence electrons. The van der Waals surface area contributed by atoms with Crippen LogP contribution in [0.15, 0.2) is 97.1 Å². The molecule has 0 aromatic heterocycles. The smallest absolute Gasteiger partial charge is 0.120 e. The summed E-state index contributed by atoms with van der Waals surface area (Å²) in [6.45, 7) is 20.3. The lowest BCUT2D eigenvalue weighted by Gasteiger charge is -2.30. The van der Waals surface area contributed by atoms with Gasteiger partial charge in [-0.25, -0.2) is 0 Å². The average Bonchev–Trinajstić information content (AvgIpc) is 3.95. The number of aliphatic hydroxyl groups is 2. The fraction of sp³-hybridized carbons (Fsp3) is 0.478. The molecule has 3 unspecified atom stereocenters. The zero-order valence-corrected chi connectivity index (χ0v) is 33.1. The molecule has 0 amide bonds. The van der Waals surface area contributed by atoms with Crippen LogP contribution in [0.3, 0.4) is 0 Å². The molecule has 4 aromatic carbocycles. The summed E-state index contributed by atoms with van der Waals surface area (Å²) in [5.41, 5.74) is 3.18. The van der Waals surface area contributed by atoms with E-state index < -0.39 is 17.3 Å². The molecule has 1 heterocycles. The highest BCUT2D eigenvalue weighted by Crippen LogP contribution is 2.36. The Morgan fingerprint density at radius 1 is 0.547 bits per heavy atom. The standard InChI is InChI=1S/C46H60O7/c1-10-36(47)27-43(2,3)52-40-23-15-34(16-24-40)45(6,7)32-11-19-38(20-12-32)49-29-37(48)28-44(4,5)53-41-25-17-35(18-26-41)46(8,9)33-13-21-39(22-14-33)50-30-42-31-51-42/h11-26,36-37,42,47-48H,10,27-31H2,1-9H3. The third-order valence-corrected chi connectivity index (χ3v) is 10.3. The normalized spacial score (nSPS) is 16.1. The molecule has 5 rings (SSSR count). The molecule has 0 bridgehead atoms. The lowest BCUT2D eigenvalue weighted by Crippen LogP contribution is -2.35. The van der Waals surface area contributed by atoms with E-state index in [9.17, 15) is 10.2 Å². The van der Waals surface area contributed by atoms with Crippen LogP contribution in [0.4, 0.5) is 0 Å². The molecule has 1 fully saturated rings. The van der Waals surface area contributed by atoms with E-state index in [2.05, 4.69) is 76.2 Å². The minimum atomic E-state index is -0.709. The molecular weight excluding hydrogens is 664 g/mol. The largest absolute Gasteiger partial charge is 0.491 e. The molecule has 1 aliphatic heterocycles. The predicted octanol–water partition coefficient (Wildman–Crippen LogP) is 9.42. The molecule has 1 aliphatic rings. The van der Waals surface area contributed by atoms with Gasteiger partial charge in [-0.05, 0) is 105 Å². The second-order valence-corrected chi connectivity index (χ2v) is 16.8. The zero-order chi connectivity index (χ0) is 38.4. The van der Waals surface area contributed by atoms with E-state index in [0.29, 0.717) is 31.6 Å². The minimum absolute atomic E-state index is 0.161. The van der Waals surface area contributed by atoms with Crippen LogP contribution < -0.4 is 18.9 Å². The Balaban J connectivity index is 1.10. The topological polar surface area (TPSA) is 89.9 Å².